The van der Waals surface area contributed by atoms with Crippen LogP contribution in [0.3, 0.4) is 0 Å². The zero-order valence-electron chi connectivity index (χ0n) is 19.8. The Morgan fingerprint density at radius 3 is 0.862 bits per heavy atom. The molecule has 0 unspecified atom stereocenters. The summed E-state index contributed by atoms with van der Waals surface area (Å²) in [6.07, 6.45) is 28.8. The Morgan fingerprint density at radius 1 is 0.414 bits per heavy atom. The van der Waals surface area contributed by atoms with Crippen molar-refractivity contribution in [3.8, 4) is 0 Å². The van der Waals surface area contributed by atoms with Gasteiger partial charge in [-0.2, -0.15) is 13.2 Å². The smallest absolute Gasteiger partial charge is 0.317 e. The maximum absolute atomic E-state index is 9.67. The third-order valence-electron chi connectivity index (χ3n) is 5.41. The topological polar surface area (TPSA) is 12.0 Å². The molecule has 29 heavy (non-hydrogen) atoms. The molecule has 0 saturated heterocycles. The average Bonchev–Trinajstić information content (AvgIpc) is 2.69. The highest BCUT2D eigenvalue weighted by atomic mass is 19.4. The molecule has 0 fully saturated rings. The molecule has 0 atom stereocenters. The number of nitrogens with one attached hydrogen (secondary N) is 1. The van der Waals surface area contributed by atoms with E-state index in [1.54, 1.807) is 0 Å². The van der Waals surface area contributed by atoms with Crippen LogP contribution >= 0.6 is 0 Å². The van der Waals surface area contributed by atoms with Gasteiger partial charge in [-0.25, -0.2) is 0 Å². The summed E-state index contributed by atoms with van der Waals surface area (Å²) in [4.78, 5) is 0. The third kappa shape index (κ3) is 38.9. The lowest BCUT2D eigenvalue weighted by molar-refractivity contribution is 0.00819. The molecule has 0 aromatic rings. The lowest BCUT2D eigenvalue weighted by Gasteiger charge is -2.05. The monoisotopic (exact) mass is 423 g/mol. The molecule has 178 valence electrons. The second kappa shape index (κ2) is 29.9. The molecule has 0 aromatic heterocycles. The van der Waals surface area contributed by atoms with Crippen LogP contribution in [0.25, 0.3) is 0 Å². The lowest BCUT2D eigenvalue weighted by atomic mass is 10.1. The minimum absolute atomic E-state index is 1.24. The predicted molar refractivity (Wildman–Crippen MR) is 124 cm³/mol. The molecule has 0 aliphatic carbocycles. The van der Waals surface area contributed by atoms with Gasteiger partial charge in [0.05, 0.1) is 0 Å². The van der Waals surface area contributed by atoms with E-state index in [4.69, 9.17) is 0 Å². The summed E-state index contributed by atoms with van der Waals surface area (Å²) in [7, 11) is 0. The molecule has 0 bridgehead atoms. The van der Waals surface area contributed by atoms with Gasteiger partial charge in [-0.3, -0.25) is 0 Å². The Kier molecular flexibility index (Phi) is 32.0. The van der Waals surface area contributed by atoms with E-state index >= 15 is 0 Å². The summed E-state index contributed by atoms with van der Waals surface area (Å²) in [6, 6.07) is 0. The van der Waals surface area contributed by atoms with Crippen molar-refractivity contribution in [1.29, 1.82) is 0 Å². The van der Waals surface area contributed by atoms with E-state index in [-0.39, 0.29) is 0 Å². The van der Waals surface area contributed by atoms with Gasteiger partial charge in [0.15, 0.2) is 0 Å². The maximum Gasteiger partial charge on any atom is 0.379 e. The molecular weight excluding hydrogens is 371 g/mol. The van der Waals surface area contributed by atoms with Crippen molar-refractivity contribution in [1.82, 2.24) is 5.32 Å². The Hall–Kier alpha value is -0.250. The lowest BCUT2D eigenvalue weighted by Crippen LogP contribution is -2.16. The van der Waals surface area contributed by atoms with Gasteiger partial charge in [0.25, 0.3) is 0 Å². The fraction of sp³-hybridized carbons (Fsp3) is 1.00. The number of rotatable bonds is 22. The second-order valence-corrected chi connectivity index (χ2v) is 8.36. The van der Waals surface area contributed by atoms with Crippen molar-refractivity contribution in [2.24, 2.45) is 0 Å². The van der Waals surface area contributed by atoms with Crippen LogP contribution < -0.4 is 5.32 Å². The first-order chi connectivity index (χ1) is 14.1. The molecule has 1 N–H and O–H groups in total. The second-order valence-electron chi connectivity index (χ2n) is 8.36. The summed E-state index contributed by atoms with van der Waals surface area (Å²) in [5.41, 5.74) is 0. The molecule has 0 aromatic carbocycles. The van der Waals surface area contributed by atoms with Gasteiger partial charge in [0, 0.05) is 0 Å². The average molecular weight is 424 g/mol. The molecule has 0 saturated carbocycles. The van der Waals surface area contributed by atoms with Crippen molar-refractivity contribution in [3.63, 3.8) is 0 Å². The number of hydrogen-bond acceptors (Lipinski definition) is 1. The Labute approximate surface area is 181 Å². The summed E-state index contributed by atoms with van der Waals surface area (Å²) >= 11 is 0. The van der Waals surface area contributed by atoms with Gasteiger partial charge in [-0.1, -0.05) is 129 Å². The Morgan fingerprint density at radius 2 is 0.621 bits per heavy atom. The van der Waals surface area contributed by atoms with Crippen LogP contribution in [0.1, 0.15) is 142 Å². The first-order valence-electron chi connectivity index (χ1n) is 12.8. The fourth-order valence-corrected chi connectivity index (χ4v) is 3.60. The van der Waals surface area contributed by atoms with Crippen molar-refractivity contribution in [2.45, 2.75) is 149 Å². The summed E-state index contributed by atoms with van der Waals surface area (Å²) in [6.45, 7) is 3.41. The molecule has 0 rings (SSSR count). The van der Waals surface area contributed by atoms with E-state index in [2.05, 4.69) is 19.2 Å². The number of halogens is 3. The largest absolute Gasteiger partial charge is 0.379 e. The highest BCUT2D eigenvalue weighted by Crippen LogP contribution is 2.11. The van der Waals surface area contributed by atoms with Gasteiger partial charge in [0.1, 0.15) is 0 Å². The minimum Gasteiger partial charge on any atom is -0.317 e. The van der Waals surface area contributed by atoms with Gasteiger partial charge >= 0.3 is 6.68 Å². The Balaban J connectivity index is 0. The molecule has 4 heteroatoms. The molecule has 0 spiro atoms. The zero-order chi connectivity index (χ0) is 21.8. The number of hydrogen-bond donors (Lipinski definition) is 1. The summed E-state index contributed by atoms with van der Waals surface area (Å²) in [5, 5.41) is 3.64. The normalized spacial score (nSPS) is 11.0. The van der Waals surface area contributed by atoms with Crippen molar-refractivity contribution >= 4 is 0 Å². The molecule has 0 amide bonds. The van der Waals surface area contributed by atoms with Gasteiger partial charge in [-0.05, 0) is 25.9 Å². The SMILES string of the molecule is CCCCCCCCCCCCNCCCCCCCCCCCC.FC(F)F. The molecule has 1 nitrogen and oxygen atoms in total. The highest BCUT2D eigenvalue weighted by Gasteiger charge is 1.94. The van der Waals surface area contributed by atoms with Crippen LogP contribution in [-0.2, 0) is 0 Å². The molecule has 0 heterocycles. The molecule has 0 aliphatic rings. The first kappa shape index (κ1) is 30.9. The van der Waals surface area contributed by atoms with E-state index in [9.17, 15) is 13.2 Å². The van der Waals surface area contributed by atoms with E-state index in [1.807, 2.05) is 0 Å². The van der Waals surface area contributed by atoms with Gasteiger partial charge < -0.3 is 5.32 Å². The Bertz CT molecular complexity index is 238. The first-order valence-corrected chi connectivity index (χ1v) is 12.8. The van der Waals surface area contributed by atoms with Crippen LogP contribution in [0.2, 0.25) is 0 Å². The molecule has 0 aliphatic heterocycles. The standard InChI is InChI=1S/C24H51N.CHF3/c1-3-5-7-9-11-13-15-17-19-21-23-25-24-22-20-18-16-14-12-10-8-6-4-2;2-1(3)4/h25H,3-24H2,1-2H3;1H. The highest BCUT2D eigenvalue weighted by molar-refractivity contribution is 4.53. The third-order valence-corrected chi connectivity index (χ3v) is 5.41. The summed E-state index contributed by atoms with van der Waals surface area (Å²) < 4.78 is 29.0. The molecular formula is C25H52F3N. The van der Waals surface area contributed by atoms with E-state index in [0.29, 0.717) is 0 Å². The number of unbranched alkanes of at least 4 members (excludes halogenated alkanes) is 18. The zero-order valence-corrected chi connectivity index (χ0v) is 19.8. The minimum atomic E-state index is -3.67. The van der Waals surface area contributed by atoms with Crippen LogP contribution in [0.5, 0.6) is 0 Å². The van der Waals surface area contributed by atoms with Crippen LogP contribution in [-0.4, -0.2) is 19.8 Å². The van der Waals surface area contributed by atoms with Gasteiger partial charge in [0.2, 0.25) is 0 Å². The quantitative estimate of drug-likeness (QED) is 0.171. The van der Waals surface area contributed by atoms with Crippen LogP contribution in [0.15, 0.2) is 0 Å². The number of alkyl halides is 3. The molecule has 0 radical (unpaired) electrons. The van der Waals surface area contributed by atoms with Gasteiger partial charge in [-0.15, -0.1) is 0 Å². The van der Waals surface area contributed by atoms with Crippen molar-refractivity contribution in [3.05, 3.63) is 0 Å². The van der Waals surface area contributed by atoms with Crippen molar-refractivity contribution in [2.75, 3.05) is 13.1 Å². The van der Waals surface area contributed by atoms with E-state index < -0.39 is 6.68 Å². The van der Waals surface area contributed by atoms with Crippen molar-refractivity contribution < 1.29 is 13.2 Å². The fourth-order valence-electron chi connectivity index (χ4n) is 3.60. The van der Waals surface area contributed by atoms with Crippen LogP contribution in [0.4, 0.5) is 13.2 Å². The van der Waals surface area contributed by atoms with E-state index in [1.165, 1.54) is 142 Å². The summed E-state index contributed by atoms with van der Waals surface area (Å²) in [5.74, 6) is 0. The predicted octanol–water partition coefficient (Wildman–Crippen LogP) is 9.60. The van der Waals surface area contributed by atoms with Crippen LogP contribution in [0, 0.1) is 0 Å². The van der Waals surface area contributed by atoms with E-state index in [0.717, 1.165) is 0 Å². The maximum atomic E-state index is 9.67.